The quantitative estimate of drug-likeness (QED) is 0.802. The van der Waals surface area contributed by atoms with Gasteiger partial charge in [0.2, 0.25) is 0 Å². The molecule has 2 atom stereocenters. The molecule has 2 rings (SSSR count). The highest BCUT2D eigenvalue weighted by molar-refractivity contribution is 14.1. The molecule has 7 heteroatoms. The number of nitrogens with zero attached hydrogens (tertiary/aromatic N) is 2. The second-order valence-electron chi connectivity index (χ2n) is 3.86. The van der Waals surface area contributed by atoms with E-state index in [4.69, 9.17) is 9.84 Å². The molecule has 0 aromatic carbocycles. The van der Waals surface area contributed by atoms with E-state index < -0.39 is 12.1 Å². The van der Waals surface area contributed by atoms with Crippen molar-refractivity contribution in [2.24, 2.45) is 0 Å². The van der Waals surface area contributed by atoms with E-state index in [1.165, 1.54) is 17.1 Å². The Morgan fingerprint density at radius 3 is 3.06 bits per heavy atom. The van der Waals surface area contributed by atoms with E-state index in [-0.39, 0.29) is 11.7 Å². The molecule has 1 aliphatic heterocycles. The van der Waals surface area contributed by atoms with Crippen LogP contribution >= 0.6 is 22.6 Å². The van der Waals surface area contributed by atoms with Gasteiger partial charge in [-0.15, -0.1) is 0 Å². The van der Waals surface area contributed by atoms with Crippen molar-refractivity contribution < 1.29 is 14.6 Å². The summed E-state index contributed by atoms with van der Waals surface area (Å²) in [7, 11) is 0. The fourth-order valence-corrected chi connectivity index (χ4v) is 2.27. The summed E-state index contributed by atoms with van der Waals surface area (Å²) >= 11 is 1.92. The minimum absolute atomic E-state index is 0.122. The molecule has 1 N–H and O–H groups in total. The van der Waals surface area contributed by atoms with Crippen molar-refractivity contribution in [3.8, 4) is 0 Å². The number of carboxylic acids is 1. The minimum atomic E-state index is -0.944. The largest absolute Gasteiger partial charge is 0.479 e. The van der Waals surface area contributed by atoms with Crippen LogP contribution in [0.3, 0.4) is 0 Å². The Kier molecular flexibility index (Phi) is 3.77. The van der Waals surface area contributed by atoms with Crippen molar-refractivity contribution in [1.29, 1.82) is 0 Å². The van der Waals surface area contributed by atoms with Gasteiger partial charge in [0, 0.05) is 6.20 Å². The molecule has 0 radical (unpaired) electrons. The topological polar surface area (TPSA) is 81.4 Å². The van der Waals surface area contributed by atoms with E-state index in [1.807, 2.05) is 22.6 Å². The Balaban J connectivity index is 2.05. The molecule has 0 aliphatic carbocycles. The number of ether oxygens (including phenoxy) is 1. The van der Waals surface area contributed by atoms with Gasteiger partial charge in [-0.25, -0.2) is 9.78 Å². The zero-order chi connectivity index (χ0) is 12.4. The molecule has 2 unspecified atom stereocenters. The molecular weight excluding hydrogens is 339 g/mol. The van der Waals surface area contributed by atoms with Gasteiger partial charge in [0.15, 0.2) is 6.10 Å². The van der Waals surface area contributed by atoms with Crippen LogP contribution in [-0.2, 0) is 16.1 Å². The summed E-state index contributed by atoms with van der Waals surface area (Å²) < 4.78 is 7.33. The maximum absolute atomic E-state index is 11.7. The summed E-state index contributed by atoms with van der Waals surface area (Å²) in [4.78, 5) is 26.4. The lowest BCUT2D eigenvalue weighted by atomic mass is 10.2. The molecule has 6 nitrogen and oxygen atoms in total. The van der Waals surface area contributed by atoms with Crippen LogP contribution in [0.25, 0.3) is 0 Å². The Morgan fingerprint density at radius 1 is 1.65 bits per heavy atom. The lowest BCUT2D eigenvalue weighted by Gasteiger charge is -2.12. The summed E-state index contributed by atoms with van der Waals surface area (Å²) in [6.45, 7) is 0.354. The molecule has 1 aromatic rings. The first kappa shape index (κ1) is 12.5. The number of carbonyl (C=O) groups is 1. The predicted molar refractivity (Wildman–Crippen MR) is 66.7 cm³/mol. The summed E-state index contributed by atoms with van der Waals surface area (Å²) in [5.74, 6) is -0.944. The first-order valence-corrected chi connectivity index (χ1v) is 6.24. The Morgan fingerprint density at radius 2 is 2.41 bits per heavy atom. The fourth-order valence-electron chi connectivity index (χ4n) is 1.80. The number of aromatic nitrogens is 2. The van der Waals surface area contributed by atoms with Gasteiger partial charge < -0.3 is 9.84 Å². The Bertz CT molecular complexity index is 487. The maximum atomic E-state index is 11.7. The summed E-state index contributed by atoms with van der Waals surface area (Å²) in [6.07, 6.45) is 3.11. The molecule has 0 spiro atoms. The second-order valence-corrected chi connectivity index (χ2v) is 5.02. The molecule has 0 bridgehead atoms. The first-order valence-electron chi connectivity index (χ1n) is 5.16. The summed E-state index contributed by atoms with van der Waals surface area (Å²) in [5, 5.41) is 8.79. The summed E-state index contributed by atoms with van der Waals surface area (Å²) in [5.41, 5.74) is -0.122. The average Bonchev–Trinajstić information content (AvgIpc) is 2.73. The van der Waals surface area contributed by atoms with Gasteiger partial charge in [0.25, 0.3) is 5.56 Å². The third-order valence-electron chi connectivity index (χ3n) is 2.64. The van der Waals surface area contributed by atoms with Crippen LogP contribution in [0.1, 0.15) is 12.8 Å². The normalized spacial score (nSPS) is 23.8. The molecule has 0 amide bonds. The number of rotatable bonds is 3. The van der Waals surface area contributed by atoms with Crippen LogP contribution in [0.5, 0.6) is 0 Å². The van der Waals surface area contributed by atoms with Crippen molar-refractivity contribution in [2.45, 2.75) is 31.6 Å². The van der Waals surface area contributed by atoms with Crippen molar-refractivity contribution in [3.63, 3.8) is 0 Å². The highest BCUT2D eigenvalue weighted by atomic mass is 127. The van der Waals surface area contributed by atoms with Crippen LogP contribution in [0.15, 0.2) is 17.3 Å². The predicted octanol–water partition coefficient (Wildman–Crippen LogP) is 0.480. The van der Waals surface area contributed by atoms with Crippen molar-refractivity contribution >= 4 is 28.6 Å². The monoisotopic (exact) mass is 350 g/mol. The molecule has 1 aliphatic rings. The fraction of sp³-hybridized carbons (Fsp3) is 0.500. The third-order valence-corrected chi connectivity index (χ3v) is 3.38. The Hall–Kier alpha value is -0.960. The molecular formula is C10H11IN2O4. The molecule has 92 valence electrons. The van der Waals surface area contributed by atoms with E-state index >= 15 is 0 Å². The van der Waals surface area contributed by atoms with E-state index in [0.29, 0.717) is 23.0 Å². The van der Waals surface area contributed by atoms with Gasteiger partial charge in [-0.1, -0.05) is 0 Å². The minimum Gasteiger partial charge on any atom is -0.479 e. The zero-order valence-corrected chi connectivity index (χ0v) is 11.0. The van der Waals surface area contributed by atoms with Crippen molar-refractivity contribution in [1.82, 2.24) is 9.55 Å². The molecule has 17 heavy (non-hydrogen) atoms. The molecule has 1 fully saturated rings. The van der Waals surface area contributed by atoms with E-state index in [1.54, 1.807) is 0 Å². The number of halogens is 1. The second kappa shape index (κ2) is 5.13. The van der Waals surface area contributed by atoms with Crippen molar-refractivity contribution in [2.75, 3.05) is 0 Å². The van der Waals surface area contributed by atoms with Crippen LogP contribution in [0.2, 0.25) is 0 Å². The third kappa shape index (κ3) is 2.83. The van der Waals surface area contributed by atoms with Crippen LogP contribution in [-0.4, -0.2) is 32.8 Å². The van der Waals surface area contributed by atoms with E-state index in [2.05, 4.69) is 4.98 Å². The van der Waals surface area contributed by atoms with Gasteiger partial charge >= 0.3 is 5.97 Å². The van der Waals surface area contributed by atoms with Gasteiger partial charge in [0.1, 0.15) is 0 Å². The lowest BCUT2D eigenvalue weighted by Crippen LogP contribution is -2.29. The van der Waals surface area contributed by atoms with Gasteiger partial charge in [-0.3, -0.25) is 9.36 Å². The maximum Gasteiger partial charge on any atom is 0.332 e. The van der Waals surface area contributed by atoms with Crippen molar-refractivity contribution in [3.05, 3.63) is 26.4 Å². The van der Waals surface area contributed by atoms with E-state index in [9.17, 15) is 9.59 Å². The van der Waals surface area contributed by atoms with Crippen LogP contribution < -0.4 is 5.56 Å². The Labute approximate surface area is 111 Å². The molecule has 1 saturated heterocycles. The van der Waals surface area contributed by atoms with E-state index in [0.717, 1.165) is 0 Å². The van der Waals surface area contributed by atoms with Gasteiger partial charge in [-0.05, 0) is 35.4 Å². The molecule has 1 aromatic heterocycles. The van der Waals surface area contributed by atoms with Crippen LogP contribution in [0.4, 0.5) is 0 Å². The smallest absolute Gasteiger partial charge is 0.332 e. The first-order chi connectivity index (χ1) is 8.08. The summed E-state index contributed by atoms with van der Waals surface area (Å²) in [6, 6.07) is 0. The number of carboxylic acid groups (broad SMARTS) is 1. The SMILES string of the molecule is O=C(O)C1CCC(Cn2cncc(I)c2=O)O1. The number of aliphatic carboxylic acids is 1. The lowest BCUT2D eigenvalue weighted by molar-refractivity contribution is -0.149. The van der Waals surface area contributed by atoms with Crippen LogP contribution in [0, 0.1) is 3.57 Å². The highest BCUT2D eigenvalue weighted by Crippen LogP contribution is 2.20. The highest BCUT2D eigenvalue weighted by Gasteiger charge is 2.30. The number of hydrogen-bond donors (Lipinski definition) is 1. The molecule has 0 saturated carbocycles. The van der Waals surface area contributed by atoms with Gasteiger partial charge in [0.05, 0.1) is 22.5 Å². The standard InChI is InChI=1S/C10H11IN2O4/c11-7-3-12-5-13(9(7)14)4-6-1-2-8(17-6)10(15)16/h3,5-6,8H,1-2,4H2,(H,15,16). The molecule has 2 heterocycles. The van der Waals surface area contributed by atoms with Gasteiger partial charge in [-0.2, -0.15) is 0 Å². The number of hydrogen-bond acceptors (Lipinski definition) is 4. The average molecular weight is 350 g/mol. The zero-order valence-electron chi connectivity index (χ0n) is 8.88.